The van der Waals surface area contributed by atoms with Crippen LogP contribution in [0.5, 0.6) is 0 Å². The van der Waals surface area contributed by atoms with Gasteiger partial charge in [-0.2, -0.15) is 9.40 Å². The van der Waals surface area contributed by atoms with Gasteiger partial charge < -0.3 is 10.1 Å². The van der Waals surface area contributed by atoms with Gasteiger partial charge >= 0.3 is 0 Å². The zero-order valence-corrected chi connectivity index (χ0v) is 23.8. The number of fused-ring (bicyclic) bond motifs is 1. The fourth-order valence-corrected chi connectivity index (χ4v) is 7.55. The Labute approximate surface area is 236 Å². The summed E-state index contributed by atoms with van der Waals surface area (Å²) in [5.74, 6) is -0.568. The van der Waals surface area contributed by atoms with Crippen LogP contribution in [0, 0.1) is 12.8 Å². The lowest BCUT2D eigenvalue weighted by Crippen LogP contribution is -2.42. The lowest BCUT2D eigenvalue weighted by atomic mass is 10.0. The number of hydrogen-bond acceptors (Lipinski definition) is 7. The van der Waals surface area contributed by atoms with E-state index in [4.69, 9.17) is 14.8 Å². The lowest BCUT2D eigenvalue weighted by Gasteiger charge is -2.30. The van der Waals surface area contributed by atoms with E-state index in [0.29, 0.717) is 59.7 Å². The molecule has 0 radical (unpaired) electrons. The van der Waals surface area contributed by atoms with Crippen molar-refractivity contribution in [3.63, 3.8) is 0 Å². The highest BCUT2D eigenvalue weighted by atomic mass is 32.2. The van der Waals surface area contributed by atoms with Crippen LogP contribution in [0.4, 0.5) is 0 Å². The van der Waals surface area contributed by atoms with Gasteiger partial charge in [0.25, 0.3) is 5.91 Å². The van der Waals surface area contributed by atoms with Gasteiger partial charge in [-0.1, -0.05) is 66.3 Å². The predicted octanol–water partition coefficient (Wildman–Crippen LogP) is 4.66. The fourth-order valence-electron chi connectivity index (χ4n) is 4.85. The zero-order valence-electron chi connectivity index (χ0n) is 22.2. The minimum atomic E-state index is -3.67. The molecule has 11 heteroatoms. The van der Waals surface area contributed by atoms with Crippen LogP contribution in [0.25, 0.3) is 26.6 Å². The Morgan fingerprint density at radius 1 is 1.10 bits per heavy atom. The molecule has 2 aromatic heterocycles. The largest absolute Gasteiger partial charge is 0.379 e. The molecular formula is C29H29N5O4S2. The molecule has 9 nitrogen and oxygen atoms in total. The van der Waals surface area contributed by atoms with E-state index in [0.717, 1.165) is 21.3 Å². The van der Waals surface area contributed by atoms with Crippen LogP contribution in [0.2, 0.25) is 0 Å². The maximum Gasteiger partial charge on any atom is 0.259 e. The van der Waals surface area contributed by atoms with E-state index in [2.05, 4.69) is 5.32 Å². The van der Waals surface area contributed by atoms with E-state index >= 15 is 0 Å². The number of allylic oxidation sites excluding steroid dienone is 3. The van der Waals surface area contributed by atoms with Crippen molar-refractivity contribution in [3.05, 3.63) is 88.6 Å². The quantitative estimate of drug-likeness (QED) is 0.359. The minimum Gasteiger partial charge on any atom is -0.379 e. The number of para-hydroxylation sites is 1. The normalized spacial score (nSPS) is 18.4. The van der Waals surface area contributed by atoms with Gasteiger partial charge in [0.15, 0.2) is 0 Å². The molecule has 1 atom stereocenters. The average Bonchev–Trinajstić information content (AvgIpc) is 3.60. The van der Waals surface area contributed by atoms with Gasteiger partial charge in [0, 0.05) is 30.5 Å². The van der Waals surface area contributed by atoms with E-state index in [9.17, 15) is 13.2 Å². The summed E-state index contributed by atoms with van der Waals surface area (Å²) < 4.78 is 36.2. The number of nitrogens with one attached hydrogen (secondary N) is 1. The van der Waals surface area contributed by atoms with Crippen molar-refractivity contribution >= 4 is 37.5 Å². The molecule has 0 bridgehead atoms. The number of carbonyl (C=O) groups excluding carboxylic acids is 1. The minimum absolute atomic E-state index is 0.196. The molecule has 1 N–H and O–H groups in total. The molecule has 1 aliphatic heterocycles. The summed E-state index contributed by atoms with van der Waals surface area (Å²) >= 11 is 1.49. The third kappa shape index (κ3) is 5.13. The first-order chi connectivity index (χ1) is 19.3. The van der Waals surface area contributed by atoms with Gasteiger partial charge in [-0.25, -0.2) is 18.1 Å². The number of aromatic nitrogens is 3. The van der Waals surface area contributed by atoms with Gasteiger partial charge in [0.05, 0.1) is 33.9 Å². The molecule has 40 heavy (non-hydrogen) atoms. The molecule has 1 amide bonds. The van der Waals surface area contributed by atoms with Gasteiger partial charge in [-0.15, -0.1) is 0 Å². The summed E-state index contributed by atoms with van der Waals surface area (Å²) in [5.41, 5.74) is 4.10. The number of nitrogens with zero attached hydrogens (tertiary/aromatic N) is 4. The third-order valence-electron chi connectivity index (χ3n) is 7.10. The summed E-state index contributed by atoms with van der Waals surface area (Å²) in [5, 5.41) is 8.36. The Morgan fingerprint density at radius 3 is 2.60 bits per heavy atom. The van der Waals surface area contributed by atoms with Crippen molar-refractivity contribution in [1.29, 1.82) is 0 Å². The van der Waals surface area contributed by atoms with E-state index in [1.807, 2.05) is 68.5 Å². The van der Waals surface area contributed by atoms with Crippen LogP contribution in [-0.4, -0.2) is 59.7 Å². The summed E-state index contributed by atoms with van der Waals surface area (Å²) in [6.45, 7) is 5.28. The molecule has 3 heterocycles. The molecule has 1 fully saturated rings. The molecule has 1 unspecified atom stereocenters. The van der Waals surface area contributed by atoms with Crippen LogP contribution in [0.15, 0.2) is 77.5 Å². The molecule has 2 aromatic carbocycles. The van der Waals surface area contributed by atoms with Crippen molar-refractivity contribution in [3.8, 4) is 16.4 Å². The van der Waals surface area contributed by atoms with Gasteiger partial charge in [0.1, 0.15) is 5.69 Å². The number of benzene rings is 2. The molecule has 206 valence electrons. The smallest absolute Gasteiger partial charge is 0.259 e. The van der Waals surface area contributed by atoms with Gasteiger partial charge in [-0.05, 0) is 37.5 Å². The van der Waals surface area contributed by atoms with Crippen molar-refractivity contribution < 1.29 is 17.9 Å². The Bertz CT molecular complexity index is 1710. The summed E-state index contributed by atoms with van der Waals surface area (Å²) in [4.78, 5) is 18.7. The number of amides is 1. The molecule has 0 saturated carbocycles. The van der Waals surface area contributed by atoms with Crippen LogP contribution >= 0.6 is 11.3 Å². The standard InChI is InChI=1S/C29H29N5O4S2/c1-19-7-10-21(11-8-19)27-23(18-34(32-27)29-31-24-5-3-4-6-25(24)39-29)28(35)30-22-12-9-20(2)26(17-22)40(36,37)33-13-15-38-16-14-33/h3-8,10-12,17-18,20H,9,13-16H2,1-2H3,(H,30,35). The first kappa shape index (κ1) is 26.6. The van der Waals surface area contributed by atoms with Crippen LogP contribution in [-0.2, 0) is 14.8 Å². The average molecular weight is 576 g/mol. The SMILES string of the molecule is Cc1ccc(-c2nn(-c3nc4ccccc4s3)cc2C(=O)NC2=CCC(C)C(S(=O)(=O)N3CCOCC3)=C2)cc1. The number of morpholine rings is 1. The number of aryl methyl sites for hydroxylation is 1. The van der Waals surface area contributed by atoms with E-state index in [1.54, 1.807) is 17.0 Å². The summed E-state index contributed by atoms with van der Waals surface area (Å²) in [6, 6.07) is 15.7. The van der Waals surface area contributed by atoms with Gasteiger partial charge in [-0.3, -0.25) is 4.79 Å². The Balaban J connectivity index is 1.34. The third-order valence-corrected chi connectivity index (χ3v) is 10.3. The Kier molecular flexibility index (Phi) is 7.13. The number of thiazole rings is 1. The first-order valence-corrected chi connectivity index (χ1v) is 15.4. The maximum atomic E-state index is 13.7. The number of ether oxygens (including phenoxy) is 1. The number of hydrogen-bond donors (Lipinski definition) is 1. The molecule has 1 aliphatic carbocycles. The maximum absolute atomic E-state index is 13.7. The lowest BCUT2D eigenvalue weighted by molar-refractivity contribution is 0.0733. The van der Waals surface area contributed by atoms with Crippen LogP contribution in [0.3, 0.4) is 0 Å². The number of rotatable bonds is 6. The highest BCUT2D eigenvalue weighted by Gasteiger charge is 2.33. The monoisotopic (exact) mass is 575 g/mol. The number of carbonyl (C=O) groups is 1. The van der Waals surface area contributed by atoms with E-state index in [-0.39, 0.29) is 11.8 Å². The van der Waals surface area contributed by atoms with Crippen LogP contribution in [0.1, 0.15) is 29.3 Å². The predicted molar refractivity (Wildman–Crippen MR) is 156 cm³/mol. The summed E-state index contributed by atoms with van der Waals surface area (Å²) in [7, 11) is -3.67. The second-order valence-corrected chi connectivity index (χ2v) is 12.9. The Morgan fingerprint density at radius 2 is 1.85 bits per heavy atom. The Hall–Kier alpha value is -3.64. The highest BCUT2D eigenvalue weighted by molar-refractivity contribution is 7.93. The fraction of sp³-hybridized carbons (Fsp3) is 0.276. The second-order valence-electron chi connectivity index (χ2n) is 9.98. The number of sulfonamides is 1. The summed E-state index contributed by atoms with van der Waals surface area (Å²) in [6.07, 6.45) is 5.63. The highest BCUT2D eigenvalue weighted by Crippen LogP contribution is 2.31. The van der Waals surface area contributed by atoms with E-state index in [1.165, 1.54) is 15.6 Å². The molecular weight excluding hydrogens is 546 g/mol. The van der Waals surface area contributed by atoms with Gasteiger partial charge in [0.2, 0.25) is 15.2 Å². The van der Waals surface area contributed by atoms with Crippen molar-refractivity contribution in [2.24, 2.45) is 5.92 Å². The van der Waals surface area contributed by atoms with Crippen LogP contribution < -0.4 is 5.32 Å². The van der Waals surface area contributed by atoms with Crippen molar-refractivity contribution in [1.82, 2.24) is 24.4 Å². The molecule has 0 spiro atoms. The van der Waals surface area contributed by atoms with Crippen molar-refractivity contribution in [2.75, 3.05) is 26.3 Å². The molecule has 2 aliphatic rings. The second kappa shape index (κ2) is 10.7. The van der Waals surface area contributed by atoms with Crippen molar-refractivity contribution in [2.45, 2.75) is 20.3 Å². The van der Waals surface area contributed by atoms with E-state index < -0.39 is 10.0 Å². The first-order valence-electron chi connectivity index (χ1n) is 13.1. The molecule has 1 saturated heterocycles. The topological polar surface area (TPSA) is 106 Å². The molecule has 4 aromatic rings. The molecule has 6 rings (SSSR count). The zero-order chi connectivity index (χ0) is 27.9.